The molecule has 0 aliphatic rings. The molecule has 0 radical (unpaired) electrons. The van der Waals surface area contributed by atoms with Crippen molar-refractivity contribution in [3.05, 3.63) is 58.6 Å². The Morgan fingerprint density at radius 2 is 1.78 bits per heavy atom. The van der Waals surface area contributed by atoms with Crippen molar-refractivity contribution < 1.29 is 0 Å². The van der Waals surface area contributed by atoms with Gasteiger partial charge in [-0.3, -0.25) is 9.88 Å². The second-order valence-corrected chi connectivity index (χ2v) is 4.88. The van der Waals surface area contributed by atoms with E-state index in [0.29, 0.717) is 5.15 Å². The molecule has 1 heterocycles. The molecule has 1 aromatic carbocycles. The normalized spacial score (nSPS) is 10.9. The van der Waals surface area contributed by atoms with Gasteiger partial charge in [-0.2, -0.15) is 0 Å². The fourth-order valence-electron chi connectivity index (χ4n) is 1.76. The Morgan fingerprint density at radius 1 is 1.06 bits per heavy atom. The number of aromatic nitrogens is 2. The lowest BCUT2D eigenvalue weighted by atomic mass is 10.1. The van der Waals surface area contributed by atoms with E-state index in [2.05, 4.69) is 53.1 Å². The monoisotopic (exact) mass is 261 g/mol. The maximum Gasteiger partial charge on any atom is 0.147 e. The molecule has 0 aliphatic heterocycles. The van der Waals surface area contributed by atoms with Crippen LogP contribution in [0.3, 0.4) is 0 Å². The van der Waals surface area contributed by atoms with E-state index < -0.39 is 0 Å². The van der Waals surface area contributed by atoms with Crippen LogP contribution < -0.4 is 0 Å². The van der Waals surface area contributed by atoms with Gasteiger partial charge >= 0.3 is 0 Å². The standard InChI is InChI=1S/C14H16ClN3/c1-11-3-5-12(6-4-11)9-18(2)10-13-7-17-14(15)8-16-13/h3-8H,9-10H2,1-2H3. The molecule has 18 heavy (non-hydrogen) atoms. The number of aryl methyl sites for hydroxylation is 1. The van der Waals surface area contributed by atoms with Crippen molar-refractivity contribution in [3.63, 3.8) is 0 Å². The van der Waals surface area contributed by atoms with Gasteiger partial charge in [-0.1, -0.05) is 41.4 Å². The van der Waals surface area contributed by atoms with Gasteiger partial charge in [-0.15, -0.1) is 0 Å². The van der Waals surface area contributed by atoms with Gasteiger partial charge in [-0.25, -0.2) is 4.98 Å². The van der Waals surface area contributed by atoms with Gasteiger partial charge in [0.1, 0.15) is 5.15 Å². The highest BCUT2D eigenvalue weighted by atomic mass is 35.5. The van der Waals surface area contributed by atoms with Crippen LogP contribution in [0.2, 0.25) is 5.15 Å². The zero-order valence-corrected chi connectivity index (χ0v) is 11.4. The quantitative estimate of drug-likeness (QED) is 0.847. The molecule has 0 saturated carbocycles. The van der Waals surface area contributed by atoms with E-state index in [1.54, 1.807) is 12.4 Å². The average molecular weight is 262 g/mol. The Labute approximate surface area is 112 Å². The molecule has 4 heteroatoms. The van der Waals surface area contributed by atoms with Crippen molar-refractivity contribution in [2.75, 3.05) is 7.05 Å². The second-order valence-electron chi connectivity index (χ2n) is 4.49. The summed E-state index contributed by atoms with van der Waals surface area (Å²) in [6, 6.07) is 8.56. The molecule has 0 spiro atoms. The molecule has 2 rings (SSSR count). The maximum atomic E-state index is 5.71. The van der Waals surface area contributed by atoms with Crippen LogP contribution in [0.1, 0.15) is 16.8 Å². The number of hydrogen-bond acceptors (Lipinski definition) is 3. The predicted octanol–water partition coefficient (Wildman–Crippen LogP) is 3.07. The lowest BCUT2D eigenvalue weighted by molar-refractivity contribution is 0.314. The summed E-state index contributed by atoms with van der Waals surface area (Å²) < 4.78 is 0. The van der Waals surface area contributed by atoms with Crippen molar-refractivity contribution in [1.29, 1.82) is 0 Å². The van der Waals surface area contributed by atoms with Crippen molar-refractivity contribution >= 4 is 11.6 Å². The minimum absolute atomic E-state index is 0.430. The summed E-state index contributed by atoms with van der Waals surface area (Å²) in [5, 5.41) is 0.430. The zero-order chi connectivity index (χ0) is 13.0. The summed E-state index contributed by atoms with van der Waals surface area (Å²) in [5.41, 5.74) is 3.50. The van der Waals surface area contributed by atoms with Crippen LogP contribution >= 0.6 is 11.6 Å². The Hall–Kier alpha value is -1.45. The van der Waals surface area contributed by atoms with Gasteiger partial charge in [0, 0.05) is 13.1 Å². The number of nitrogens with zero attached hydrogens (tertiary/aromatic N) is 3. The van der Waals surface area contributed by atoms with Crippen molar-refractivity contribution in [1.82, 2.24) is 14.9 Å². The molecule has 94 valence electrons. The van der Waals surface area contributed by atoms with Crippen molar-refractivity contribution in [2.24, 2.45) is 0 Å². The average Bonchev–Trinajstić information content (AvgIpc) is 2.35. The maximum absolute atomic E-state index is 5.71. The summed E-state index contributed by atoms with van der Waals surface area (Å²) in [7, 11) is 2.07. The molecule has 0 N–H and O–H groups in total. The van der Waals surface area contributed by atoms with Crippen LogP contribution in [-0.2, 0) is 13.1 Å². The van der Waals surface area contributed by atoms with Gasteiger partial charge in [0.05, 0.1) is 18.1 Å². The molecule has 3 nitrogen and oxygen atoms in total. The van der Waals surface area contributed by atoms with Crippen LogP contribution in [0.15, 0.2) is 36.7 Å². The Bertz CT molecular complexity index is 446. The lowest BCUT2D eigenvalue weighted by Gasteiger charge is -2.16. The third kappa shape index (κ3) is 3.79. The third-order valence-corrected chi connectivity index (χ3v) is 2.87. The number of hydrogen-bond donors (Lipinski definition) is 0. The Balaban J connectivity index is 1.94. The van der Waals surface area contributed by atoms with E-state index in [9.17, 15) is 0 Å². The molecule has 0 fully saturated rings. The smallest absolute Gasteiger partial charge is 0.147 e. The summed E-state index contributed by atoms with van der Waals surface area (Å²) in [6.45, 7) is 3.75. The topological polar surface area (TPSA) is 29.0 Å². The first kappa shape index (κ1) is 13.0. The fourth-order valence-corrected chi connectivity index (χ4v) is 1.86. The van der Waals surface area contributed by atoms with Crippen LogP contribution in [-0.4, -0.2) is 21.9 Å². The predicted molar refractivity (Wildman–Crippen MR) is 73.4 cm³/mol. The molecule has 0 unspecified atom stereocenters. The van der Waals surface area contributed by atoms with Gasteiger partial charge < -0.3 is 0 Å². The molecule has 0 bridgehead atoms. The minimum Gasteiger partial charge on any atom is -0.296 e. The molecule has 1 aromatic heterocycles. The Kier molecular flexibility index (Phi) is 4.28. The summed E-state index contributed by atoms with van der Waals surface area (Å²) in [5.74, 6) is 0. The Morgan fingerprint density at radius 3 is 2.39 bits per heavy atom. The summed E-state index contributed by atoms with van der Waals surface area (Å²) in [6.07, 6.45) is 3.30. The van der Waals surface area contributed by atoms with E-state index >= 15 is 0 Å². The highest BCUT2D eigenvalue weighted by molar-refractivity contribution is 6.29. The van der Waals surface area contributed by atoms with Gasteiger partial charge in [0.2, 0.25) is 0 Å². The van der Waals surface area contributed by atoms with Gasteiger partial charge in [0.25, 0.3) is 0 Å². The molecule has 2 aromatic rings. The van der Waals surface area contributed by atoms with Gasteiger partial charge in [0.15, 0.2) is 0 Å². The van der Waals surface area contributed by atoms with Crippen LogP contribution in [0, 0.1) is 6.92 Å². The van der Waals surface area contributed by atoms with Crippen LogP contribution in [0.4, 0.5) is 0 Å². The van der Waals surface area contributed by atoms with E-state index in [1.165, 1.54) is 11.1 Å². The first-order valence-corrected chi connectivity index (χ1v) is 6.22. The summed E-state index contributed by atoms with van der Waals surface area (Å²) >= 11 is 5.71. The number of benzene rings is 1. The molecule has 0 atom stereocenters. The van der Waals surface area contributed by atoms with E-state index in [4.69, 9.17) is 11.6 Å². The van der Waals surface area contributed by atoms with Crippen LogP contribution in [0.5, 0.6) is 0 Å². The molecule has 0 amide bonds. The highest BCUT2D eigenvalue weighted by Crippen LogP contribution is 2.08. The number of rotatable bonds is 4. The first-order valence-electron chi connectivity index (χ1n) is 5.84. The van der Waals surface area contributed by atoms with E-state index in [-0.39, 0.29) is 0 Å². The fraction of sp³-hybridized carbons (Fsp3) is 0.286. The van der Waals surface area contributed by atoms with Crippen molar-refractivity contribution in [2.45, 2.75) is 20.0 Å². The zero-order valence-electron chi connectivity index (χ0n) is 10.6. The SMILES string of the molecule is Cc1ccc(CN(C)Cc2cnc(Cl)cn2)cc1. The molecular weight excluding hydrogens is 246 g/mol. The minimum atomic E-state index is 0.430. The molecule has 0 saturated heterocycles. The van der Waals surface area contributed by atoms with E-state index in [0.717, 1.165) is 18.8 Å². The summed E-state index contributed by atoms with van der Waals surface area (Å²) in [4.78, 5) is 10.5. The molecule has 0 aliphatic carbocycles. The van der Waals surface area contributed by atoms with Crippen LogP contribution in [0.25, 0.3) is 0 Å². The third-order valence-electron chi connectivity index (χ3n) is 2.68. The highest BCUT2D eigenvalue weighted by Gasteiger charge is 2.03. The lowest BCUT2D eigenvalue weighted by Crippen LogP contribution is -2.18. The second kappa shape index (κ2) is 5.94. The number of halogens is 1. The van der Waals surface area contributed by atoms with Gasteiger partial charge in [-0.05, 0) is 19.5 Å². The largest absolute Gasteiger partial charge is 0.296 e. The van der Waals surface area contributed by atoms with E-state index in [1.807, 2.05) is 0 Å². The van der Waals surface area contributed by atoms with Crippen molar-refractivity contribution in [3.8, 4) is 0 Å². The molecular formula is C14H16ClN3. The first-order chi connectivity index (χ1) is 8.63.